The van der Waals surface area contributed by atoms with Crippen LogP contribution in [0.5, 0.6) is 23.0 Å². The summed E-state index contributed by atoms with van der Waals surface area (Å²) in [5, 5.41) is 18.8. The molecule has 5 nitrogen and oxygen atoms in total. The Labute approximate surface area is 119 Å². The standard InChI is InChI=1S/C14H11ClO5/c1-19-13-6-8(2-4-12(13)17)14(18)20-9-3-5-11(16)10(15)7-9/h2-7,16-17H,1H3. The lowest BCUT2D eigenvalue weighted by Crippen LogP contribution is -2.08. The first kappa shape index (κ1) is 14.0. The molecule has 0 aliphatic rings. The Kier molecular flexibility index (Phi) is 4.00. The maximum Gasteiger partial charge on any atom is 0.343 e. The highest BCUT2D eigenvalue weighted by atomic mass is 35.5. The van der Waals surface area contributed by atoms with Gasteiger partial charge in [-0.2, -0.15) is 0 Å². The number of phenols is 2. The topological polar surface area (TPSA) is 76.0 Å². The van der Waals surface area contributed by atoms with Crippen LogP contribution in [-0.2, 0) is 0 Å². The molecule has 20 heavy (non-hydrogen) atoms. The minimum absolute atomic E-state index is 0.0725. The van der Waals surface area contributed by atoms with Crippen molar-refractivity contribution >= 4 is 17.6 Å². The zero-order valence-electron chi connectivity index (χ0n) is 10.5. The first-order valence-corrected chi connectivity index (χ1v) is 5.96. The van der Waals surface area contributed by atoms with E-state index in [1.54, 1.807) is 0 Å². The maximum atomic E-state index is 11.9. The molecule has 0 aliphatic heterocycles. The summed E-state index contributed by atoms with van der Waals surface area (Å²) in [5.74, 6) is -0.437. The van der Waals surface area contributed by atoms with Gasteiger partial charge in [0.15, 0.2) is 11.5 Å². The second-order valence-corrected chi connectivity index (χ2v) is 4.30. The van der Waals surface area contributed by atoms with Gasteiger partial charge < -0.3 is 19.7 Å². The third-order valence-corrected chi connectivity index (χ3v) is 2.85. The van der Waals surface area contributed by atoms with E-state index in [1.807, 2.05) is 0 Å². The molecule has 0 aromatic heterocycles. The number of phenolic OH excluding ortho intramolecular Hbond substituents is 2. The number of ether oxygens (including phenoxy) is 2. The number of esters is 1. The third-order valence-electron chi connectivity index (χ3n) is 2.55. The molecule has 0 unspecified atom stereocenters. The van der Waals surface area contributed by atoms with Crippen LogP contribution in [-0.4, -0.2) is 23.3 Å². The van der Waals surface area contributed by atoms with Crippen molar-refractivity contribution in [3.63, 3.8) is 0 Å². The molecular formula is C14H11ClO5. The summed E-state index contributed by atoms with van der Waals surface area (Å²) in [5.41, 5.74) is 0.212. The number of benzene rings is 2. The average Bonchev–Trinajstić information content (AvgIpc) is 2.43. The van der Waals surface area contributed by atoms with Crippen LogP contribution in [0.2, 0.25) is 5.02 Å². The maximum absolute atomic E-state index is 11.9. The van der Waals surface area contributed by atoms with E-state index >= 15 is 0 Å². The average molecular weight is 295 g/mol. The monoisotopic (exact) mass is 294 g/mol. The third kappa shape index (κ3) is 2.95. The molecule has 2 N–H and O–H groups in total. The SMILES string of the molecule is COc1cc(C(=O)Oc2ccc(O)c(Cl)c2)ccc1O. The van der Waals surface area contributed by atoms with Gasteiger partial charge in [-0.3, -0.25) is 0 Å². The molecule has 0 atom stereocenters. The van der Waals surface area contributed by atoms with Crippen LogP contribution in [0.4, 0.5) is 0 Å². The summed E-state index contributed by atoms with van der Waals surface area (Å²) in [6.07, 6.45) is 0. The summed E-state index contributed by atoms with van der Waals surface area (Å²) in [6.45, 7) is 0. The number of hydrogen-bond donors (Lipinski definition) is 2. The van der Waals surface area contributed by atoms with E-state index in [-0.39, 0.29) is 33.6 Å². The van der Waals surface area contributed by atoms with Gasteiger partial charge >= 0.3 is 5.97 Å². The Balaban J connectivity index is 2.21. The molecule has 0 fully saturated rings. The predicted molar refractivity (Wildman–Crippen MR) is 72.7 cm³/mol. The van der Waals surface area contributed by atoms with E-state index in [0.29, 0.717) is 0 Å². The van der Waals surface area contributed by atoms with Crippen LogP contribution >= 0.6 is 11.6 Å². The zero-order valence-corrected chi connectivity index (χ0v) is 11.2. The van der Waals surface area contributed by atoms with Crippen LogP contribution in [0, 0.1) is 0 Å². The van der Waals surface area contributed by atoms with Crippen molar-refractivity contribution < 1.29 is 24.5 Å². The predicted octanol–water partition coefficient (Wildman–Crippen LogP) is 2.98. The second-order valence-electron chi connectivity index (χ2n) is 3.89. The van der Waals surface area contributed by atoms with Crippen LogP contribution in [0.3, 0.4) is 0 Å². The largest absolute Gasteiger partial charge is 0.506 e. The minimum Gasteiger partial charge on any atom is -0.506 e. The molecule has 0 heterocycles. The summed E-state index contributed by atoms with van der Waals surface area (Å²) in [7, 11) is 1.38. The molecular weight excluding hydrogens is 284 g/mol. The molecule has 6 heteroatoms. The Morgan fingerprint density at radius 2 is 1.80 bits per heavy atom. The molecule has 0 spiro atoms. The highest BCUT2D eigenvalue weighted by molar-refractivity contribution is 6.32. The van der Waals surface area contributed by atoms with Gasteiger partial charge in [0.25, 0.3) is 0 Å². The summed E-state index contributed by atoms with van der Waals surface area (Å²) >= 11 is 5.72. The highest BCUT2D eigenvalue weighted by Crippen LogP contribution is 2.29. The molecule has 0 bridgehead atoms. The van der Waals surface area contributed by atoms with Crippen molar-refractivity contribution in [3.05, 3.63) is 47.0 Å². The van der Waals surface area contributed by atoms with E-state index < -0.39 is 5.97 Å². The molecule has 2 aromatic carbocycles. The van der Waals surface area contributed by atoms with Gasteiger partial charge in [-0.15, -0.1) is 0 Å². The number of rotatable bonds is 3. The number of aromatic hydroxyl groups is 2. The lowest BCUT2D eigenvalue weighted by atomic mass is 10.2. The molecule has 2 rings (SSSR count). The van der Waals surface area contributed by atoms with Crippen LogP contribution < -0.4 is 9.47 Å². The van der Waals surface area contributed by atoms with Crippen molar-refractivity contribution in [2.75, 3.05) is 7.11 Å². The van der Waals surface area contributed by atoms with E-state index in [0.717, 1.165) is 0 Å². The van der Waals surface area contributed by atoms with Gasteiger partial charge in [-0.25, -0.2) is 4.79 Å². The fraction of sp³-hybridized carbons (Fsp3) is 0.0714. The van der Waals surface area contributed by atoms with E-state index in [1.165, 1.54) is 43.5 Å². The number of carbonyl (C=O) groups excluding carboxylic acids is 1. The quantitative estimate of drug-likeness (QED) is 0.672. The van der Waals surface area contributed by atoms with E-state index in [9.17, 15) is 15.0 Å². The van der Waals surface area contributed by atoms with Gasteiger partial charge in [0.1, 0.15) is 11.5 Å². The van der Waals surface area contributed by atoms with Crippen molar-refractivity contribution in [1.29, 1.82) is 0 Å². The molecule has 0 saturated heterocycles. The Morgan fingerprint density at radius 3 is 2.45 bits per heavy atom. The van der Waals surface area contributed by atoms with E-state index in [4.69, 9.17) is 21.1 Å². The second kappa shape index (κ2) is 5.71. The molecule has 104 valence electrons. The van der Waals surface area contributed by atoms with Crippen molar-refractivity contribution in [2.24, 2.45) is 0 Å². The fourth-order valence-corrected chi connectivity index (χ4v) is 1.69. The summed E-state index contributed by atoms with van der Waals surface area (Å²) in [4.78, 5) is 11.9. The number of methoxy groups -OCH3 is 1. The van der Waals surface area contributed by atoms with Crippen molar-refractivity contribution in [2.45, 2.75) is 0 Å². The lowest BCUT2D eigenvalue weighted by molar-refractivity contribution is 0.0734. The fourth-order valence-electron chi connectivity index (χ4n) is 1.52. The highest BCUT2D eigenvalue weighted by Gasteiger charge is 2.12. The van der Waals surface area contributed by atoms with Crippen molar-refractivity contribution in [1.82, 2.24) is 0 Å². The van der Waals surface area contributed by atoms with Gasteiger partial charge in [0.05, 0.1) is 17.7 Å². The Morgan fingerprint density at radius 1 is 1.10 bits per heavy atom. The Bertz CT molecular complexity index is 654. The van der Waals surface area contributed by atoms with Gasteiger partial charge in [-0.1, -0.05) is 11.6 Å². The lowest BCUT2D eigenvalue weighted by Gasteiger charge is -2.07. The molecule has 0 saturated carbocycles. The van der Waals surface area contributed by atoms with Gasteiger partial charge in [0, 0.05) is 6.07 Å². The summed E-state index contributed by atoms with van der Waals surface area (Å²) < 4.78 is 10.0. The van der Waals surface area contributed by atoms with Gasteiger partial charge in [-0.05, 0) is 30.3 Å². The smallest absolute Gasteiger partial charge is 0.343 e. The van der Waals surface area contributed by atoms with Crippen molar-refractivity contribution in [3.8, 4) is 23.0 Å². The normalized spacial score (nSPS) is 10.1. The molecule has 2 aromatic rings. The van der Waals surface area contributed by atoms with Crippen LogP contribution in [0.25, 0.3) is 0 Å². The number of halogens is 1. The van der Waals surface area contributed by atoms with Crippen LogP contribution in [0.1, 0.15) is 10.4 Å². The summed E-state index contributed by atoms with van der Waals surface area (Å²) in [6, 6.07) is 8.16. The Hall–Kier alpha value is -2.40. The molecule has 0 aliphatic carbocycles. The first-order valence-electron chi connectivity index (χ1n) is 5.59. The first-order chi connectivity index (χ1) is 9.51. The van der Waals surface area contributed by atoms with Gasteiger partial charge in [0.2, 0.25) is 0 Å². The number of carbonyl (C=O) groups is 1. The van der Waals surface area contributed by atoms with E-state index in [2.05, 4.69) is 0 Å². The molecule has 0 amide bonds. The number of hydrogen-bond acceptors (Lipinski definition) is 5. The van der Waals surface area contributed by atoms with Crippen LogP contribution in [0.15, 0.2) is 36.4 Å². The molecule has 0 radical (unpaired) electrons. The minimum atomic E-state index is -0.634. The zero-order chi connectivity index (χ0) is 14.7.